The van der Waals surface area contributed by atoms with Gasteiger partial charge in [0.25, 0.3) is 0 Å². The van der Waals surface area contributed by atoms with Gasteiger partial charge in [0.15, 0.2) is 0 Å². The predicted molar refractivity (Wildman–Crippen MR) is 88.6 cm³/mol. The van der Waals surface area contributed by atoms with Crippen LogP contribution in [-0.2, 0) is 11.3 Å². The highest BCUT2D eigenvalue weighted by Crippen LogP contribution is 2.30. The van der Waals surface area contributed by atoms with Crippen molar-refractivity contribution < 1.29 is 4.79 Å². The number of aromatic nitrogens is 4. The SMILES string of the molecule is CNC(=O)CCn1cc(-c2ccnc(N)n2)c2cc(C)ncc21. The average molecular weight is 310 g/mol. The summed E-state index contributed by atoms with van der Waals surface area (Å²) in [7, 11) is 1.64. The molecule has 0 aliphatic carbocycles. The molecule has 0 bridgehead atoms. The zero-order valence-electron chi connectivity index (χ0n) is 13.1. The van der Waals surface area contributed by atoms with Crippen molar-refractivity contribution in [2.24, 2.45) is 0 Å². The maximum Gasteiger partial charge on any atom is 0.221 e. The van der Waals surface area contributed by atoms with E-state index in [1.165, 1.54) is 0 Å². The van der Waals surface area contributed by atoms with E-state index >= 15 is 0 Å². The minimum atomic E-state index is -0.000230. The Kier molecular flexibility index (Phi) is 3.92. The molecule has 7 heteroatoms. The highest BCUT2D eigenvalue weighted by atomic mass is 16.1. The highest BCUT2D eigenvalue weighted by Gasteiger charge is 2.13. The number of nitrogens with two attached hydrogens (primary N) is 1. The van der Waals surface area contributed by atoms with E-state index in [1.54, 1.807) is 13.2 Å². The second-order valence-corrected chi connectivity index (χ2v) is 5.30. The quantitative estimate of drug-likeness (QED) is 0.761. The van der Waals surface area contributed by atoms with Crippen molar-refractivity contribution in [1.82, 2.24) is 24.8 Å². The number of pyridine rings is 1. The van der Waals surface area contributed by atoms with Crippen LogP contribution in [-0.4, -0.2) is 32.5 Å². The molecule has 3 aromatic rings. The number of aryl methyl sites for hydroxylation is 2. The van der Waals surface area contributed by atoms with E-state index < -0.39 is 0 Å². The Morgan fingerprint density at radius 2 is 2.22 bits per heavy atom. The topological polar surface area (TPSA) is 98.7 Å². The zero-order valence-corrected chi connectivity index (χ0v) is 13.1. The third kappa shape index (κ3) is 2.98. The molecule has 118 valence electrons. The third-order valence-electron chi connectivity index (χ3n) is 3.71. The van der Waals surface area contributed by atoms with E-state index in [2.05, 4.69) is 20.3 Å². The average Bonchev–Trinajstić information content (AvgIpc) is 2.90. The summed E-state index contributed by atoms with van der Waals surface area (Å²) >= 11 is 0. The zero-order chi connectivity index (χ0) is 16.4. The number of hydrogen-bond donors (Lipinski definition) is 2. The van der Waals surface area contributed by atoms with Gasteiger partial charge in [-0.25, -0.2) is 9.97 Å². The van der Waals surface area contributed by atoms with Crippen LogP contribution in [0.4, 0.5) is 5.95 Å². The van der Waals surface area contributed by atoms with Crippen LogP contribution >= 0.6 is 0 Å². The molecular weight excluding hydrogens is 292 g/mol. The maximum absolute atomic E-state index is 11.5. The Labute approximate surface area is 133 Å². The number of nitrogens with one attached hydrogen (secondary N) is 1. The highest BCUT2D eigenvalue weighted by molar-refractivity contribution is 5.95. The summed E-state index contributed by atoms with van der Waals surface area (Å²) in [6, 6.07) is 3.84. The lowest BCUT2D eigenvalue weighted by molar-refractivity contribution is -0.120. The van der Waals surface area contributed by atoms with Crippen LogP contribution in [0.3, 0.4) is 0 Å². The summed E-state index contributed by atoms with van der Waals surface area (Å²) in [5.74, 6) is 0.235. The van der Waals surface area contributed by atoms with E-state index in [0.29, 0.717) is 13.0 Å². The van der Waals surface area contributed by atoms with E-state index in [-0.39, 0.29) is 11.9 Å². The van der Waals surface area contributed by atoms with Gasteiger partial charge in [-0.3, -0.25) is 9.78 Å². The Hall–Kier alpha value is -2.96. The summed E-state index contributed by atoms with van der Waals surface area (Å²) in [5, 5.41) is 3.67. The van der Waals surface area contributed by atoms with Gasteiger partial charge in [-0.1, -0.05) is 0 Å². The molecule has 3 N–H and O–H groups in total. The van der Waals surface area contributed by atoms with Crippen molar-refractivity contribution >= 4 is 22.8 Å². The van der Waals surface area contributed by atoms with Gasteiger partial charge in [0.2, 0.25) is 11.9 Å². The molecule has 1 amide bonds. The molecule has 0 aliphatic rings. The van der Waals surface area contributed by atoms with Gasteiger partial charge >= 0.3 is 0 Å². The first kappa shape index (κ1) is 15.0. The van der Waals surface area contributed by atoms with Gasteiger partial charge in [0, 0.05) is 49.1 Å². The van der Waals surface area contributed by atoms with Crippen molar-refractivity contribution in [2.75, 3.05) is 12.8 Å². The van der Waals surface area contributed by atoms with Crippen LogP contribution in [0.15, 0.2) is 30.7 Å². The van der Waals surface area contributed by atoms with Crippen LogP contribution in [0.1, 0.15) is 12.1 Å². The number of rotatable bonds is 4. The van der Waals surface area contributed by atoms with E-state index in [9.17, 15) is 4.79 Å². The van der Waals surface area contributed by atoms with Gasteiger partial charge < -0.3 is 15.6 Å². The van der Waals surface area contributed by atoms with Gasteiger partial charge in [-0.05, 0) is 19.1 Å². The summed E-state index contributed by atoms with van der Waals surface area (Å²) < 4.78 is 2.02. The number of carbonyl (C=O) groups excluding carboxylic acids is 1. The lowest BCUT2D eigenvalue weighted by atomic mass is 10.1. The fraction of sp³-hybridized carbons (Fsp3) is 0.250. The second kappa shape index (κ2) is 6.04. The van der Waals surface area contributed by atoms with Crippen molar-refractivity contribution in [3.05, 3.63) is 36.4 Å². The van der Waals surface area contributed by atoms with Crippen molar-refractivity contribution in [3.63, 3.8) is 0 Å². The smallest absolute Gasteiger partial charge is 0.221 e. The first-order chi connectivity index (χ1) is 11.1. The molecule has 0 fully saturated rings. The molecule has 0 unspecified atom stereocenters. The molecular formula is C16H18N6O. The summed E-state index contributed by atoms with van der Waals surface area (Å²) in [5.41, 5.74) is 9.30. The van der Waals surface area contributed by atoms with Crippen molar-refractivity contribution in [1.29, 1.82) is 0 Å². The molecule has 3 rings (SSSR count). The van der Waals surface area contributed by atoms with Gasteiger partial charge in [0.1, 0.15) is 0 Å². The molecule has 0 saturated heterocycles. The lowest BCUT2D eigenvalue weighted by Crippen LogP contribution is -2.19. The van der Waals surface area contributed by atoms with Crippen molar-refractivity contribution in [2.45, 2.75) is 19.9 Å². The first-order valence-electron chi connectivity index (χ1n) is 7.33. The fourth-order valence-electron chi connectivity index (χ4n) is 2.55. The minimum Gasteiger partial charge on any atom is -0.368 e. The van der Waals surface area contributed by atoms with Crippen LogP contribution < -0.4 is 11.1 Å². The number of amides is 1. The largest absolute Gasteiger partial charge is 0.368 e. The Bertz CT molecular complexity index is 870. The molecule has 23 heavy (non-hydrogen) atoms. The first-order valence-corrected chi connectivity index (χ1v) is 7.33. The number of fused-ring (bicyclic) bond motifs is 1. The molecule has 0 saturated carbocycles. The number of nitrogens with zero attached hydrogens (tertiary/aromatic N) is 4. The molecule has 0 spiro atoms. The third-order valence-corrected chi connectivity index (χ3v) is 3.71. The molecule has 0 aromatic carbocycles. The normalized spacial score (nSPS) is 10.9. The fourth-order valence-corrected chi connectivity index (χ4v) is 2.55. The van der Waals surface area contributed by atoms with E-state index in [0.717, 1.165) is 27.9 Å². The molecule has 0 atom stereocenters. The van der Waals surface area contributed by atoms with Gasteiger partial charge in [0.05, 0.1) is 17.4 Å². The predicted octanol–water partition coefficient (Wildman–Crippen LogP) is 1.52. The summed E-state index contributed by atoms with van der Waals surface area (Å²) in [6.45, 7) is 2.51. The van der Waals surface area contributed by atoms with E-state index in [1.807, 2.05) is 36.0 Å². The van der Waals surface area contributed by atoms with Gasteiger partial charge in [-0.2, -0.15) is 0 Å². The van der Waals surface area contributed by atoms with Gasteiger partial charge in [-0.15, -0.1) is 0 Å². The van der Waals surface area contributed by atoms with E-state index in [4.69, 9.17) is 5.73 Å². The van der Waals surface area contributed by atoms with Crippen LogP contribution in [0.25, 0.3) is 22.2 Å². The molecule has 0 radical (unpaired) electrons. The standard InChI is InChI=1S/C16H18N6O/c1-10-7-11-12(13-3-5-19-16(17)21-13)9-22(14(11)8-20-10)6-4-15(23)18-2/h3,5,7-9H,4,6H2,1-2H3,(H,18,23)(H2,17,19,21). The summed E-state index contributed by atoms with van der Waals surface area (Å²) in [6.07, 6.45) is 5.85. The summed E-state index contributed by atoms with van der Waals surface area (Å²) in [4.78, 5) is 24.1. The minimum absolute atomic E-state index is 0.000230. The number of nitrogen functional groups attached to an aromatic ring is 1. The number of hydrogen-bond acceptors (Lipinski definition) is 5. The molecule has 3 heterocycles. The monoisotopic (exact) mass is 310 g/mol. The second-order valence-electron chi connectivity index (χ2n) is 5.30. The van der Waals surface area contributed by atoms with Crippen LogP contribution in [0.2, 0.25) is 0 Å². The number of anilines is 1. The Morgan fingerprint density at radius 3 is 2.96 bits per heavy atom. The molecule has 7 nitrogen and oxygen atoms in total. The molecule has 3 aromatic heterocycles. The van der Waals surface area contributed by atoms with Crippen LogP contribution in [0.5, 0.6) is 0 Å². The van der Waals surface area contributed by atoms with Crippen molar-refractivity contribution in [3.8, 4) is 11.3 Å². The Morgan fingerprint density at radius 1 is 1.39 bits per heavy atom. The molecule has 0 aliphatic heterocycles. The Balaban J connectivity index is 2.10. The lowest BCUT2D eigenvalue weighted by Gasteiger charge is -2.04. The van der Waals surface area contributed by atoms with Crippen LogP contribution in [0, 0.1) is 6.92 Å². The number of carbonyl (C=O) groups is 1. The maximum atomic E-state index is 11.5.